The van der Waals surface area contributed by atoms with Crippen LogP contribution in [-0.2, 0) is 11.3 Å². The molecule has 0 radical (unpaired) electrons. The summed E-state index contributed by atoms with van der Waals surface area (Å²) in [6, 6.07) is 26.6. The lowest BCUT2D eigenvalue weighted by Gasteiger charge is -2.33. The van der Waals surface area contributed by atoms with E-state index in [0.29, 0.717) is 11.6 Å². The van der Waals surface area contributed by atoms with Crippen LogP contribution in [-0.4, -0.2) is 49.5 Å². The molecule has 1 fully saturated rings. The van der Waals surface area contributed by atoms with E-state index in [1.807, 2.05) is 42.5 Å². The molecule has 1 amide bonds. The fourth-order valence-corrected chi connectivity index (χ4v) is 5.34. The Morgan fingerprint density at radius 2 is 1.85 bits per heavy atom. The van der Waals surface area contributed by atoms with Gasteiger partial charge in [0, 0.05) is 36.6 Å². The third-order valence-corrected chi connectivity index (χ3v) is 7.29. The molecule has 1 aliphatic heterocycles. The van der Waals surface area contributed by atoms with Gasteiger partial charge in [-0.15, -0.1) is 0 Å². The Morgan fingerprint density at radius 3 is 2.62 bits per heavy atom. The summed E-state index contributed by atoms with van der Waals surface area (Å²) in [7, 11) is 0. The predicted octanol–water partition coefficient (Wildman–Crippen LogP) is 5.00. The highest BCUT2D eigenvalue weighted by molar-refractivity contribution is 5.87. The summed E-state index contributed by atoms with van der Waals surface area (Å²) in [6.45, 7) is 6.20. The number of piperidine rings is 1. The number of nitrogen functional groups attached to an aromatic ring is 1. The summed E-state index contributed by atoms with van der Waals surface area (Å²) in [5.41, 5.74) is 12.6. The van der Waals surface area contributed by atoms with Crippen molar-refractivity contribution in [2.24, 2.45) is 0 Å². The van der Waals surface area contributed by atoms with Crippen LogP contribution in [0.3, 0.4) is 0 Å². The fourth-order valence-electron chi connectivity index (χ4n) is 5.34. The highest BCUT2D eigenvalue weighted by Crippen LogP contribution is 2.32. The number of benzene rings is 2. The van der Waals surface area contributed by atoms with Crippen molar-refractivity contribution >= 4 is 22.9 Å². The lowest BCUT2D eigenvalue weighted by Crippen LogP contribution is -2.46. The van der Waals surface area contributed by atoms with Crippen molar-refractivity contribution in [1.29, 1.82) is 0 Å². The molecule has 1 aliphatic rings. The summed E-state index contributed by atoms with van der Waals surface area (Å²) >= 11 is 0. The maximum atomic E-state index is 11.8. The second-order valence-corrected chi connectivity index (χ2v) is 10.1. The summed E-state index contributed by atoms with van der Waals surface area (Å²) in [4.78, 5) is 28.4. The van der Waals surface area contributed by atoms with Gasteiger partial charge in [-0.05, 0) is 67.4 Å². The van der Waals surface area contributed by atoms with Crippen molar-refractivity contribution in [3.8, 4) is 28.3 Å². The first kappa shape index (κ1) is 25.5. The zero-order chi connectivity index (χ0) is 27.5. The molecule has 8 nitrogen and oxygen atoms in total. The lowest BCUT2D eigenvalue weighted by molar-refractivity contribution is -0.117. The van der Waals surface area contributed by atoms with E-state index >= 15 is 0 Å². The molecule has 3 aromatic heterocycles. The number of hydrogen-bond acceptors (Lipinski definition) is 6. The van der Waals surface area contributed by atoms with E-state index in [1.165, 1.54) is 11.6 Å². The van der Waals surface area contributed by atoms with Gasteiger partial charge in [-0.25, -0.2) is 15.0 Å². The number of hydrogen-bond donors (Lipinski definition) is 2. The molecule has 0 spiro atoms. The van der Waals surface area contributed by atoms with Crippen LogP contribution in [0.25, 0.3) is 39.5 Å². The normalized spacial score (nSPS) is 15.7. The van der Waals surface area contributed by atoms with Crippen LogP contribution >= 0.6 is 0 Å². The first-order chi connectivity index (χ1) is 19.6. The van der Waals surface area contributed by atoms with Crippen LogP contribution in [0.2, 0.25) is 0 Å². The van der Waals surface area contributed by atoms with Crippen LogP contribution in [0.5, 0.6) is 0 Å². The average molecular weight is 530 g/mol. The first-order valence-electron chi connectivity index (χ1n) is 13.5. The number of nitrogens with one attached hydrogen (secondary N) is 1. The summed E-state index contributed by atoms with van der Waals surface area (Å²) in [5, 5.41) is 3.04. The standard InChI is InChI=1S/C32H31N7O/c1-2-29(40)35-24-10-7-19-38(21-24)20-22-12-14-25(15-13-22)39-31(26-11-6-18-34-30(26)33)37-28-17-16-27(36-32(28)39)23-8-4-3-5-9-23/h2-6,8-9,11-18,24H,1,7,10,19-21H2,(H2,33,34)(H,35,40)/t24-/m1/s1. The third-order valence-electron chi connectivity index (χ3n) is 7.29. The largest absolute Gasteiger partial charge is 0.383 e. The molecule has 4 heterocycles. The predicted molar refractivity (Wildman–Crippen MR) is 159 cm³/mol. The molecule has 3 N–H and O–H groups in total. The number of fused-ring (bicyclic) bond motifs is 1. The van der Waals surface area contributed by atoms with Crippen LogP contribution in [0, 0.1) is 0 Å². The first-order valence-corrected chi connectivity index (χ1v) is 13.5. The van der Waals surface area contributed by atoms with E-state index in [1.54, 1.807) is 6.20 Å². The van der Waals surface area contributed by atoms with Gasteiger partial charge in [0.2, 0.25) is 5.91 Å². The maximum absolute atomic E-state index is 11.8. The van der Waals surface area contributed by atoms with Gasteiger partial charge in [0.1, 0.15) is 11.3 Å². The Labute approximate surface area is 233 Å². The van der Waals surface area contributed by atoms with E-state index in [9.17, 15) is 4.79 Å². The van der Waals surface area contributed by atoms with Crippen molar-refractivity contribution in [2.75, 3.05) is 18.8 Å². The molecule has 6 rings (SSSR count). The van der Waals surface area contributed by atoms with Gasteiger partial charge in [0.05, 0.1) is 11.3 Å². The van der Waals surface area contributed by atoms with Gasteiger partial charge >= 0.3 is 0 Å². The summed E-state index contributed by atoms with van der Waals surface area (Å²) in [5.74, 6) is 1.00. The summed E-state index contributed by atoms with van der Waals surface area (Å²) in [6.07, 6.45) is 5.05. The molecule has 0 aliphatic carbocycles. The molecule has 0 saturated carbocycles. The van der Waals surface area contributed by atoms with E-state index in [4.69, 9.17) is 15.7 Å². The maximum Gasteiger partial charge on any atom is 0.243 e. The number of imidazole rings is 1. The minimum Gasteiger partial charge on any atom is -0.383 e. The lowest BCUT2D eigenvalue weighted by atomic mass is 10.0. The Hall–Kier alpha value is -4.82. The number of anilines is 1. The molecule has 5 aromatic rings. The molecule has 0 bridgehead atoms. The number of aromatic nitrogens is 4. The number of pyridine rings is 2. The quantitative estimate of drug-likeness (QED) is 0.288. The number of nitrogens with zero attached hydrogens (tertiary/aromatic N) is 5. The molecular weight excluding hydrogens is 498 g/mol. The zero-order valence-electron chi connectivity index (χ0n) is 22.2. The second-order valence-electron chi connectivity index (χ2n) is 10.1. The monoisotopic (exact) mass is 529 g/mol. The van der Waals surface area contributed by atoms with Crippen LogP contribution in [0.15, 0.2) is 97.7 Å². The average Bonchev–Trinajstić information content (AvgIpc) is 3.37. The number of amides is 1. The SMILES string of the molecule is C=CC(=O)N[C@@H]1CCCN(Cc2ccc(-n3c(-c4cccnc4N)nc4ccc(-c5ccccc5)nc43)cc2)C1. The van der Waals surface area contributed by atoms with Gasteiger partial charge in [0.25, 0.3) is 0 Å². The van der Waals surface area contributed by atoms with Crippen molar-refractivity contribution in [2.45, 2.75) is 25.4 Å². The highest BCUT2D eigenvalue weighted by atomic mass is 16.1. The molecule has 8 heteroatoms. The van der Waals surface area contributed by atoms with Crippen molar-refractivity contribution in [3.05, 3.63) is 103 Å². The second kappa shape index (κ2) is 11.1. The molecule has 1 atom stereocenters. The smallest absolute Gasteiger partial charge is 0.243 e. The third kappa shape index (κ3) is 5.21. The zero-order valence-corrected chi connectivity index (χ0v) is 22.2. The van der Waals surface area contributed by atoms with Crippen LogP contribution in [0.1, 0.15) is 18.4 Å². The van der Waals surface area contributed by atoms with E-state index < -0.39 is 0 Å². The van der Waals surface area contributed by atoms with E-state index in [2.05, 4.69) is 62.7 Å². The van der Waals surface area contributed by atoms with Gasteiger partial charge in [-0.3, -0.25) is 14.3 Å². The van der Waals surface area contributed by atoms with Gasteiger partial charge < -0.3 is 11.1 Å². The Kier molecular flexibility index (Phi) is 7.08. The van der Waals surface area contributed by atoms with Crippen molar-refractivity contribution < 1.29 is 4.79 Å². The Morgan fingerprint density at radius 1 is 1.02 bits per heavy atom. The number of likely N-dealkylation sites (tertiary alicyclic amines) is 1. The fraction of sp³-hybridized carbons (Fsp3) is 0.188. The number of rotatable bonds is 7. The van der Waals surface area contributed by atoms with Crippen LogP contribution < -0.4 is 11.1 Å². The molecular formula is C32H31N7O. The molecule has 0 unspecified atom stereocenters. The molecule has 200 valence electrons. The molecule has 1 saturated heterocycles. The number of nitrogens with two attached hydrogens (primary N) is 1. The molecule has 2 aromatic carbocycles. The number of carbonyl (C=O) groups excluding carboxylic acids is 1. The van der Waals surface area contributed by atoms with Crippen LogP contribution in [0.4, 0.5) is 5.82 Å². The van der Waals surface area contributed by atoms with Crippen molar-refractivity contribution in [3.63, 3.8) is 0 Å². The summed E-state index contributed by atoms with van der Waals surface area (Å²) < 4.78 is 2.06. The number of carbonyl (C=O) groups is 1. The van der Waals surface area contributed by atoms with E-state index in [-0.39, 0.29) is 11.9 Å². The minimum atomic E-state index is -0.113. The topological polar surface area (TPSA) is 102 Å². The Bertz CT molecular complexity index is 1660. The minimum absolute atomic E-state index is 0.113. The Balaban J connectivity index is 1.35. The van der Waals surface area contributed by atoms with Gasteiger partial charge in [-0.1, -0.05) is 49.0 Å². The van der Waals surface area contributed by atoms with E-state index in [0.717, 1.165) is 66.1 Å². The van der Waals surface area contributed by atoms with Gasteiger partial charge in [0.15, 0.2) is 11.5 Å². The highest BCUT2D eigenvalue weighted by Gasteiger charge is 2.22. The molecule has 40 heavy (non-hydrogen) atoms. The van der Waals surface area contributed by atoms with Crippen molar-refractivity contribution in [1.82, 2.24) is 29.7 Å². The van der Waals surface area contributed by atoms with Gasteiger partial charge in [-0.2, -0.15) is 0 Å².